The van der Waals surface area contributed by atoms with E-state index in [1.54, 1.807) is 6.92 Å². The van der Waals surface area contributed by atoms with Crippen molar-refractivity contribution in [1.82, 2.24) is 5.23 Å². The first kappa shape index (κ1) is 7.39. The number of hydrogen-bond acceptors (Lipinski definition) is 3. The molecule has 4 heteroatoms. The highest BCUT2D eigenvalue weighted by Gasteiger charge is 1.99. The van der Waals surface area contributed by atoms with Gasteiger partial charge in [-0.15, -0.1) is 5.23 Å². The Morgan fingerprint density at radius 2 is 2.38 bits per heavy atom. The van der Waals surface area contributed by atoms with Crippen molar-refractivity contribution < 1.29 is 10.0 Å². The lowest BCUT2D eigenvalue weighted by Gasteiger charge is -2.10. The Bertz CT molecular complexity index is 84.1. The van der Waals surface area contributed by atoms with Crippen molar-refractivity contribution in [1.29, 1.82) is 5.41 Å². The Labute approximate surface area is 48.1 Å². The molecule has 0 aliphatic heterocycles. The molecule has 0 heterocycles. The average Bonchev–Trinajstić information content (AvgIpc) is 1.84. The molecule has 8 heavy (non-hydrogen) atoms. The van der Waals surface area contributed by atoms with Gasteiger partial charge in [-0.1, -0.05) is 6.92 Å². The molecular formula is C4H10N2O2. The SMILES string of the molecule is CCC(=N)N(O)OC. The van der Waals surface area contributed by atoms with Gasteiger partial charge in [-0.3, -0.25) is 15.5 Å². The highest BCUT2D eigenvalue weighted by Crippen LogP contribution is 1.87. The lowest BCUT2D eigenvalue weighted by atomic mass is 10.5. The molecule has 0 aliphatic carbocycles. The van der Waals surface area contributed by atoms with E-state index in [2.05, 4.69) is 4.84 Å². The number of rotatable bonds is 2. The Kier molecular flexibility index (Phi) is 3.14. The van der Waals surface area contributed by atoms with Gasteiger partial charge in [0.15, 0.2) is 5.84 Å². The third-order valence-corrected chi connectivity index (χ3v) is 0.739. The van der Waals surface area contributed by atoms with Gasteiger partial charge in [-0.25, -0.2) is 0 Å². The van der Waals surface area contributed by atoms with E-state index in [1.165, 1.54) is 7.11 Å². The van der Waals surface area contributed by atoms with Gasteiger partial charge in [0, 0.05) is 6.42 Å². The molecule has 0 amide bonds. The summed E-state index contributed by atoms with van der Waals surface area (Å²) >= 11 is 0. The summed E-state index contributed by atoms with van der Waals surface area (Å²) in [7, 11) is 1.30. The minimum absolute atomic E-state index is 0.0486. The topological polar surface area (TPSA) is 56.6 Å². The maximum absolute atomic E-state index is 8.51. The standard InChI is InChI=1S/C4H10N2O2/c1-3-4(5)6(7)8-2/h5,7H,3H2,1-2H3. The minimum atomic E-state index is 0.0486. The minimum Gasteiger partial charge on any atom is -0.284 e. The third kappa shape index (κ3) is 1.90. The molecule has 0 aromatic carbocycles. The van der Waals surface area contributed by atoms with Crippen LogP contribution in [0.2, 0.25) is 0 Å². The number of amidine groups is 1. The van der Waals surface area contributed by atoms with E-state index in [4.69, 9.17) is 10.6 Å². The van der Waals surface area contributed by atoms with Gasteiger partial charge in [-0.05, 0) is 0 Å². The summed E-state index contributed by atoms with van der Waals surface area (Å²) in [6.45, 7) is 1.75. The molecular weight excluding hydrogens is 108 g/mol. The van der Waals surface area contributed by atoms with E-state index < -0.39 is 0 Å². The maximum atomic E-state index is 8.51. The number of nitrogens with zero attached hydrogens (tertiary/aromatic N) is 1. The van der Waals surface area contributed by atoms with Crippen LogP contribution < -0.4 is 0 Å². The molecule has 0 bridgehead atoms. The van der Waals surface area contributed by atoms with Crippen LogP contribution in [-0.2, 0) is 4.84 Å². The van der Waals surface area contributed by atoms with Crippen LogP contribution >= 0.6 is 0 Å². The van der Waals surface area contributed by atoms with E-state index in [0.29, 0.717) is 11.6 Å². The molecule has 4 nitrogen and oxygen atoms in total. The molecule has 2 N–H and O–H groups in total. The largest absolute Gasteiger partial charge is 0.284 e. The first-order valence-electron chi connectivity index (χ1n) is 2.33. The van der Waals surface area contributed by atoms with Gasteiger partial charge < -0.3 is 0 Å². The monoisotopic (exact) mass is 118 g/mol. The summed E-state index contributed by atoms with van der Waals surface area (Å²) in [5.74, 6) is 0.0486. The van der Waals surface area contributed by atoms with Crippen LogP contribution in [0.15, 0.2) is 0 Å². The Balaban J connectivity index is 3.46. The molecule has 48 valence electrons. The Morgan fingerprint density at radius 1 is 1.88 bits per heavy atom. The fourth-order valence-electron chi connectivity index (χ4n) is 0.245. The van der Waals surface area contributed by atoms with Crippen molar-refractivity contribution in [2.75, 3.05) is 7.11 Å². The summed E-state index contributed by atoms with van der Waals surface area (Å²) in [5.41, 5.74) is 0. The van der Waals surface area contributed by atoms with Crippen LogP contribution in [0, 0.1) is 5.41 Å². The maximum Gasteiger partial charge on any atom is 0.151 e. The molecule has 0 unspecified atom stereocenters. The summed E-state index contributed by atoms with van der Waals surface area (Å²) < 4.78 is 0. The van der Waals surface area contributed by atoms with E-state index in [1.807, 2.05) is 0 Å². The molecule has 0 fully saturated rings. The van der Waals surface area contributed by atoms with Gasteiger partial charge in [0.2, 0.25) is 0 Å². The van der Waals surface area contributed by atoms with Crippen molar-refractivity contribution >= 4 is 5.84 Å². The number of hydrogen-bond donors (Lipinski definition) is 2. The van der Waals surface area contributed by atoms with Crippen molar-refractivity contribution in [2.24, 2.45) is 0 Å². The normalized spacial score (nSPS) is 8.88. The van der Waals surface area contributed by atoms with Gasteiger partial charge in [0.25, 0.3) is 0 Å². The molecule has 0 atom stereocenters. The molecule has 0 aromatic rings. The predicted molar refractivity (Wildman–Crippen MR) is 28.7 cm³/mol. The van der Waals surface area contributed by atoms with Crippen LogP contribution in [-0.4, -0.2) is 23.4 Å². The lowest BCUT2D eigenvalue weighted by molar-refractivity contribution is -0.269. The van der Waals surface area contributed by atoms with Gasteiger partial charge >= 0.3 is 0 Å². The fourth-order valence-corrected chi connectivity index (χ4v) is 0.245. The first-order chi connectivity index (χ1) is 3.72. The van der Waals surface area contributed by atoms with E-state index in [0.717, 1.165) is 0 Å². The fraction of sp³-hybridized carbons (Fsp3) is 0.750. The zero-order valence-electron chi connectivity index (χ0n) is 5.01. The van der Waals surface area contributed by atoms with Crippen LogP contribution in [0.4, 0.5) is 0 Å². The van der Waals surface area contributed by atoms with Crippen molar-refractivity contribution in [2.45, 2.75) is 13.3 Å². The first-order valence-corrected chi connectivity index (χ1v) is 2.33. The van der Waals surface area contributed by atoms with Crippen molar-refractivity contribution in [3.63, 3.8) is 0 Å². The van der Waals surface area contributed by atoms with Gasteiger partial charge in [-0.2, -0.15) is 0 Å². The number of nitrogens with one attached hydrogen (secondary N) is 1. The second-order valence-corrected chi connectivity index (χ2v) is 1.26. The summed E-state index contributed by atoms with van der Waals surface area (Å²) in [4.78, 5) is 4.27. The zero-order chi connectivity index (χ0) is 6.57. The predicted octanol–water partition coefficient (Wildman–Crippen LogP) is 0.626. The number of hydroxylamine groups is 2. The van der Waals surface area contributed by atoms with Crippen LogP contribution in [0.1, 0.15) is 13.3 Å². The van der Waals surface area contributed by atoms with E-state index in [-0.39, 0.29) is 5.84 Å². The molecule has 0 rings (SSSR count). The smallest absolute Gasteiger partial charge is 0.151 e. The van der Waals surface area contributed by atoms with Crippen LogP contribution in [0.25, 0.3) is 0 Å². The highest BCUT2D eigenvalue weighted by atomic mass is 16.9. The molecule has 0 spiro atoms. The highest BCUT2D eigenvalue weighted by molar-refractivity contribution is 5.76. The average molecular weight is 118 g/mol. The van der Waals surface area contributed by atoms with Gasteiger partial charge in [0.05, 0.1) is 7.11 Å². The molecule has 0 saturated carbocycles. The molecule has 0 radical (unpaired) electrons. The Hall–Kier alpha value is -0.610. The zero-order valence-corrected chi connectivity index (χ0v) is 5.01. The Morgan fingerprint density at radius 3 is 2.50 bits per heavy atom. The second kappa shape index (κ2) is 3.40. The van der Waals surface area contributed by atoms with Gasteiger partial charge in [0.1, 0.15) is 0 Å². The lowest BCUT2D eigenvalue weighted by Crippen LogP contribution is -2.24. The molecule has 0 aliphatic rings. The quantitative estimate of drug-likeness (QED) is 0.317. The van der Waals surface area contributed by atoms with E-state index >= 15 is 0 Å². The van der Waals surface area contributed by atoms with Crippen LogP contribution in [0.3, 0.4) is 0 Å². The second-order valence-electron chi connectivity index (χ2n) is 1.26. The summed E-state index contributed by atoms with van der Waals surface area (Å²) in [6, 6.07) is 0. The van der Waals surface area contributed by atoms with Crippen molar-refractivity contribution in [3.8, 4) is 0 Å². The third-order valence-electron chi connectivity index (χ3n) is 0.739. The molecule has 0 saturated heterocycles. The van der Waals surface area contributed by atoms with E-state index in [9.17, 15) is 0 Å². The summed E-state index contributed by atoms with van der Waals surface area (Å²) in [5, 5.41) is 15.8. The van der Waals surface area contributed by atoms with Crippen LogP contribution in [0.5, 0.6) is 0 Å². The summed E-state index contributed by atoms with van der Waals surface area (Å²) in [6.07, 6.45) is 0.463. The van der Waals surface area contributed by atoms with Crippen molar-refractivity contribution in [3.05, 3.63) is 0 Å². The molecule has 0 aromatic heterocycles.